The van der Waals surface area contributed by atoms with Crippen molar-refractivity contribution in [1.82, 2.24) is 14.8 Å². The standard InChI is InChI=1S/C10H20N4/c1-4-9-12-10(5-2)14(13-9)7-8(3)6-11/h8H,4-7,11H2,1-3H3. The molecule has 0 saturated heterocycles. The van der Waals surface area contributed by atoms with E-state index in [9.17, 15) is 0 Å². The van der Waals surface area contributed by atoms with E-state index < -0.39 is 0 Å². The number of nitrogens with zero attached hydrogens (tertiary/aromatic N) is 3. The second-order valence-corrected chi connectivity index (χ2v) is 3.67. The minimum Gasteiger partial charge on any atom is -0.330 e. The van der Waals surface area contributed by atoms with Crippen LogP contribution in [0.4, 0.5) is 0 Å². The second kappa shape index (κ2) is 5.10. The molecule has 1 atom stereocenters. The number of hydrogen-bond donors (Lipinski definition) is 1. The van der Waals surface area contributed by atoms with E-state index in [2.05, 4.69) is 30.9 Å². The van der Waals surface area contributed by atoms with Crippen LogP contribution in [0.1, 0.15) is 32.4 Å². The molecule has 1 aromatic rings. The van der Waals surface area contributed by atoms with E-state index in [-0.39, 0.29) is 0 Å². The van der Waals surface area contributed by atoms with Crippen molar-refractivity contribution in [2.24, 2.45) is 11.7 Å². The van der Waals surface area contributed by atoms with Gasteiger partial charge in [0, 0.05) is 19.4 Å². The first-order chi connectivity index (χ1) is 6.71. The van der Waals surface area contributed by atoms with E-state index in [0.29, 0.717) is 12.5 Å². The Hall–Kier alpha value is -0.900. The summed E-state index contributed by atoms with van der Waals surface area (Å²) in [7, 11) is 0. The predicted molar refractivity (Wildman–Crippen MR) is 57.0 cm³/mol. The van der Waals surface area contributed by atoms with Gasteiger partial charge in [0.2, 0.25) is 0 Å². The Morgan fingerprint density at radius 1 is 1.36 bits per heavy atom. The highest BCUT2D eigenvalue weighted by atomic mass is 15.3. The van der Waals surface area contributed by atoms with Gasteiger partial charge in [0.05, 0.1) is 0 Å². The van der Waals surface area contributed by atoms with E-state index in [1.807, 2.05) is 4.68 Å². The summed E-state index contributed by atoms with van der Waals surface area (Å²) in [6, 6.07) is 0. The third kappa shape index (κ3) is 2.54. The maximum absolute atomic E-state index is 5.59. The van der Waals surface area contributed by atoms with Crippen LogP contribution in [0.15, 0.2) is 0 Å². The average molecular weight is 196 g/mol. The van der Waals surface area contributed by atoms with Crippen molar-refractivity contribution >= 4 is 0 Å². The van der Waals surface area contributed by atoms with Crippen LogP contribution in [0, 0.1) is 5.92 Å². The monoisotopic (exact) mass is 196 g/mol. The number of aromatic nitrogens is 3. The van der Waals surface area contributed by atoms with Gasteiger partial charge < -0.3 is 5.73 Å². The summed E-state index contributed by atoms with van der Waals surface area (Å²) in [5, 5.41) is 4.44. The minimum absolute atomic E-state index is 0.465. The smallest absolute Gasteiger partial charge is 0.150 e. The molecule has 1 aromatic heterocycles. The Labute approximate surface area is 85.5 Å². The molecule has 1 unspecified atom stereocenters. The summed E-state index contributed by atoms with van der Waals surface area (Å²) in [4.78, 5) is 4.45. The molecule has 0 aliphatic heterocycles. The molecule has 0 saturated carbocycles. The Morgan fingerprint density at radius 2 is 2.07 bits per heavy atom. The normalized spacial score (nSPS) is 13.1. The van der Waals surface area contributed by atoms with Gasteiger partial charge in [-0.1, -0.05) is 20.8 Å². The van der Waals surface area contributed by atoms with E-state index in [1.54, 1.807) is 0 Å². The van der Waals surface area contributed by atoms with E-state index in [0.717, 1.165) is 31.0 Å². The summed E-state index contributed by atoms with van der Waals surface area (Å²) in [6.45, 7) is 7.89. The second-order valence-electron chi connectivity index (χ2n) is 3.67. The Morgan fingerprint density at radius 3 is 2.57 bits per heavy atom. The minimum atomic E-state index is 0.465. The van der Waals surface area contributed by atoms with Crippen LogP contribution in [0.5, 0.6) is 0 Å². The Bertz CT molecular complexity index is 280. The predicted octanol–water partition coefficient (Wildman–Crippen LogP) is 0.998. The van der Waals surface area contributed by atoms with Gasteiger partial charge >= 0.3 is 0 Å². The number of rotatable bonds is 5. The molecule has 0 bridgehead atoms. The average Bonchev–Trinajstić information content (AvgIpc) is 2.60. The Kier molecular flexibility index (Phi) is 4.07. The molecular formula is C10H20N4. The fraction of sp³-hybridized carbons (Fsp3) is 0.800. The molecule has 4 heteroatoms. The summed E-state index contributed by atoms with van der Waals surface area (Å²) in [6.07, 6.45) is 1.83. The number of nitrogens with two attached hydrogens (primary N) is 1. The lowest BCUT2D eigenvalue weighted by molar-refractivity contribution is 0.444. The maximum Gasteiger partial charge on any atom is 0.150 e. The number of aryl methyl sites for hydroxylation is 2. The molecule has 0 amide bonds. The van der Waals surface area contributed by atoms with Gasteiger partial charge in [-0.3, -0.25) is 0 Å². The third-order valence-electron chi connectivity index (χ3n) is 2.31. The van der Waals surface area contributed by atoms with Crippen molar-refractivity contribution in [3.8, 4) is 0 Å². The molecule has 0 spiro atoms. The SMILES string of the molecule is CCc1nc(CC)n(CC(C)CN)n1. The summed E-state index contributed by atoms with van der Waals surface area (Å²) < 4.78 is 2.00. The largest absolute Gasteiger partial charge is 0.330 e. The first-order valence-corrected chi connectivity index (χ1v) is 5.33. The van der Waals surface area contributed by atoms with Gasteiger partial charge in [0.1, 0.15) is 5.82 Å². The van der Waals surface area contributed by atoms with Crippen molar-refractivity contribution < 1.29 is 0 Å². The molecule has 1 rings (SSSR count). The third-order valence-corrected chi connectivity index (χ3v) is 2.31. The first kappa shape index (κ1) is 11.2. The molecular weight excluding hydrogens is 176 g/mol. The van der Waals surface area contributed by atoms with E-state index in [1.165, 1.54) is 0 Å². The van der Waals surface area contributed by atoms with Gasteiger partial charge in [-0.15, -0.1) is 0 Å². The lowest BCUT2D eigenvalue weighted by atomic mass is 10.2. The van der Waals surface area contributed by atoms with Crippen LogP contribution in [-0.4, -0.2) is 21.3 Å². The molecule has 4 nitrogen and oxygen atoms in total. The van der Waals surface area contributed by atoms with Gasteiger partial charge in [-0.05, 0) is 12.5 Å². The van der Waals surface area contributed by atoms with Gasteiger partial charge in [-0.25, -0.2) is 9.67 Å². The topological polar surface area (TPSA) is 56.7 Å². The molecule has 1 heterocycles. The van der Waals surface area contributed by atoms with Gasteiger partial charge in [-0.2, -0.15) is 5.10 Å². The summed E-state index contributed by atoms with van der Waals surface area (Å²) >= 11 is 0. The molecule has 0 aliphatic rings. The molecule has 80 valence electrons. The van der Waals surface area contributed by atoms with Crippen molar-refractivity contribution in [2.75, 3.05) is 6.54 Å². The lowest BCUT2D eigenvalue weighted by Gasteiger charge is -2.09. The highest BCUT2D eigenvalue weighted by Crippen LogP contribution is 2.04. The Balaban J connectivity index is 2.78. The van der Waals surface area contributed by atoms with Crippen LogP contribution >= 0.6 is 0 Å². The number of hydrogen-bond acceptors (Lipinski definition) is 3. The summed E-state index contributed by atoms with van der Waals surface area (Å²) in [5.41, 5.74) is 5.59. The van der Waals surface area contributed by atoms with Crippen LogP contribution < -0.4 is 5.73 Å². The van der Waals surface area contributed by atoms with Crippen LogP contribution in [-0.2, 0) is 19.4 Å². The van der Waals surface area contributed by atoms with Gasteiger partial charge in [0.25, 0.3) is 0 Å². The fourth-order valence-corrected chi connectivity index (χ4v) is 1.35. The lowest BCUT2D eigenvalue weighted by Crippen LogP contribution is -2.19. The van der Waals surface area contributed by atoms with E-state index >= 15 is 0 Å². The molecule has 14 heavy (non-hydrogen) atoms. The van der Waals surface area contributed by atoms with Crippen LogP contribution in [0.25, 0.3) is 0 Å². The maximum atomic E-state index is 5.59. The molecule has 2 N–H and O–H groups in total. The highest BCUT2D eigenvalue weighted by molar-refractivity contribution is 4.92. The van der Waals surface area contributed by atoms with Crippen LogP contribution in [0.2, 0.25) is 0 Å². The van der Waals surface area contributed by atoms with Crippen molar-refractivity contribution in [3.05, 3.63) is 11.6 Å². The zero-order valence-corrected chi connectivity index (χ0v) is 9.32. The van der Waals surface area contributed by atoms with Gasteiger partial charge in [0.15, 0.2) is 5.82 Å². The highest BCUT2D eigenvalue weighted by Gasteiger charge is 2.09. The van der Waals surface area contributed by atoms with E-state index in [4.69, 9.17) is 5.73 Å². The molecule has 0 fully saturated rings. The van der Waals surface area contributed by atoms with Crippen molar-refractivity contribution in [3.63, 3.8) is 0 Å². The fourth-order valence-electron chi connectivity index (χ4n) is 1.35. The molecule has 0 radical (unpaired) electrons. The first-order valence-electron chi connectivity index (χ1n) is 5.33. The van der Waals surface area contributed by atoms with Crippen molar-refractivity contribution in [1.29, 1.82) is 0 Å². The van der Waals surface area contributed by atoms with Crippen LogP contribution in [0.3, 0.4) is 0 Å². The molecule has 0 aliphatic carbocycles. The summed E-state index contributed by atoms with van der Waals surface area (Å²) in [5.74, 6) is 2.47. The zero-order valence-electron chi connectivity index (χ0n) is 9.32. The zero-order chi connectivity index (χ0) is 10.6. The quantitative estimate of drug-likeness (QED) is 0.764. The van der Waals surface area contributed by atoms with Crippen molar-refractivity contribution in [2.45, 2.75) is 40.2 Å². The molecule has 0 aromatic carbocycles.